The van der Waals surface area contributed by atoms with Crippen LogP contribution in [0, 0.1) is 5.82 Å². The van der Waals surface area contributed by atoms with Gasteiger partial charge in [-0.25, -0.2) is 4.39 Å². The highest BCUT2D eigenvalue weighted by Gasteiger charge is 2.43. The van der Waals surface area contributed by atoms with Gasteiger partial charge in [-0.2, -0.15) is 5.10 Å². The predicted molar refractivity (Wildman–Crippen MR) is 114 cm³/mol. The molecule has 1 amide bonds. The van der Waals surface area contributed by atoms with E-state index in [2.05, 4.69) is 15.7 Å². The Morgan fingerprint density at radius 2 is 1.90 bits per heavy atom. The molecule has 0 atom stereocenters. The molecule has 2 aromatic rings. The van der Waals surface area contributed by atoms with Crippen LogP contribution in [0.5, 0.6) is 0 Å². The molecule has 2 heterocycles. The van der Waals surface area contributed by atoms with E-state index in [1.165, 1.54) is 12.5 Å². The molecule has 1 saturated carbocycles. The summed E-state index contributed by atoms with van der Waals surface area (Å²) in [7, 11) is 0. The summed E-state index contributed by atoms with van der Waals surface area (Å²) in [4.78, 5) is 13.4. The number of piperidine rings is 1. The van der Waals surface area contributed by atoms with E-state index >= 15 is 0 Å². The number of nitrogens with one attached hydrogen (secondary N) is 2. The molecule has 1 aliphatic heterocycles. The van der Waals surface area contributed by atoms with Crippen LogP contribution in [-0.2, 0) is 15.7 Å². The molecular formula is C22H30ClFN4O. The van der Waals surface area contributed by atoms with E-state index in [0.717, 1.165) is 44.3 Å². The fourth-order valence-corrected chi connectivity index (χ4v) is 4.95. The molecule has 29 heavy (non-hydrogen) atoms. The summed E-state index contributed by atoms with van der Waals surface area (Å²) >= 11 is 0. The Hall–Kier alpha value is -1.92. The number of carbonyl (C=O) groups excluding carboxylic acids is 1. The molecule has 0 bridgehead atoms. The molecule has 0 radical (unpaired) electrons. The van der Waals surface area contributed by atoms with Gasteiger partial charge in [-0.05, 0) is 62.5 Å². The van der Waals surface area contributed by atoms with Crippen LogP contribution < -0.4 is 10.6 Å². The number of aromatic nitrogens is 2. The van der Waals surface area contributed by atoms with E-state index in [0.29, 0.717) is 19.4 Å². The number of halogens is 2. The van der Waals surface area contributed by atoms with Crippen molar-refractivity contribution in [3.05, 3.63) is 54.1 Å². The summed E-state index contributed by atoms with van der Waals surface area (Å²) in [5.74, 6) is -0.181. The van der Waals surface area contributed by atoms with Gasteiger partial charge in [-0.3, -0.25) is 9.48 Å². The molecular weight excluding hydrogens is 391 g/mol. The van der Waals surface area contributed by atoms with Crippen LogP contribution in [0.1, 0.15) is 50.5 Å². The zero-order valence-electron chi connectivity index (χ0n) is 16.7. The monoisotopic (exact) mass is 420 g/mol. The quantitative estimate of drug-likeness (QED) is 0.777. The van der Waals surface area contributed by atoms with Crippen LogP contribution in [0.4, 0.5) is 4.39 Å². The summed E-state index contributed by atoms with van der Waals surface area (Å²) < 4.78 is 15.7. The Morgan fingerprint density at radius 3 is 2.55 bits per heavy atom. The molecule has 7 heteroatoms. The van der Waals surface area contributed by atoms with Gasteiger partial charge in [0.1, 0.15) is 11.4 Å². The predicted octanol–water partition coefficient (Wildman–Crippen LogP) is 3.54. The Morgan fingerprint density at radius 1 is 1.14 bits per heavy atom. The second kappa shape index (κ2) is 9.26. The minimum atomic E-state index is -0.646. The standard InChI is InChI=1S/C22H29FN4O.ClH/c23-19-7-4-6-18(16-19)21(8-2-1-3-9-21)17-25-20(28)22(10-13-24-14-11-22)27-15-5-12-26-27;/h4-7,12,15-16,24H,1-3,8-11,13-14,17H2,(H,25,28);1H. The lowest BCUT2D eigenvalue weighted by Crippen LogP contribution is -2.56. The molecule has 1 aromatic heterocycles. The number of carbonyl (C=O) groups is 1. The highest BCUT2D eigenvalue weighted by atomic mass is 35.5. The Kier molecular flexibility index (Phi) is 6.96. The van der Waals surface area contributed by atoms with Crippen molar-refractivity contribution >= 4 is 18.3 Å². The number of hydrogen-bond donors (Lipinski definition) is 2. The van der Waals surface area contributed by atoms with Crippen molar-refractivity contribution < 1.29 is 9.18 Å². The van der Waals surface area contributed by atoms with Gasteiger partial charge in [0.25, 0.3) is 0 Å². The van der Waals surface area contributed by atoms with Gasteiger partial charge in [-0.1, -0.05) is 31.4 Å². The summed E-state index contributed by atoms with van der Waals surface area (Å²) in [5, 5.41) is 11.0. The van der Waals surface area contributed by atoms with Crippen molar-refractivity contribution in [3.8, 4) is 0 Å². The maximum atomic E-state index is 13.9. The third kappa shape index (κ3) is 4.33. The Labute approximate surface area is 177 Å². The second-order valence-electron chi connectivity index (χ2n) is 8.27. The van der Waals surface area contributed by atoms with Crippen molar-refractivity contribution in [3.63, 3.8) is 0 Å². The highest BCUT2D eigenvalue weighted by Crippen LogP contribution is 2.39. The van der Waals surface area contributed by atoms with Crippen LogP contribution in [0.25, 0.3) is 0 Å². The van der Waals surface area contributed by atoms with Gasteiger partial charge in [0.05, 0.1) is 0 Å². The fraction of sp³-hybridized carbons (Fsp3) is 0.545. The highest BCUT2D eigenvalue weighted by molar-refractivity contribution is 5.85. The van der Waals surface area contributed by atoms with Gasteiger partial charge in [0, 0.05) is 24.4 Å². The van der Waals surface area contributed by atoms with Crippen LogP contribution in [-0.4, -0.2) is 35.3 Å². The number of amides is 1. The number of rotatable bonds is 5. The molecule has 5 nitrogen and oxygen atoms in total. The van der Waals surface area contributed by atoms with Crippen molar-refractivity contribution in [2.45, 2.75) is 55.9 Å². The smallest absolute Gasteiger partial charge is 0.248 e. The maximum Gasteiger partial charge on any atom is 0.248 e. The first-order valence-electron chi connectivity index (χ1n) is 10.4. The molecule has 2 fully saturated rings. The molecule has 158 valence electrons. The molecule has 4 rings (SSSR count). The SMILES string of the molecule is Cl.O=C(NCC1(c2cccc(F)c2)CCCCC1)C1(n2cccn2)CCNCC1. The lowest BCUT2D eigenvalue weighted by Gasteiger charge is -2.41. The number of benzene rings is 1. The molecule has 1 aliphatic carbocycles. The Balaban J connectivity index is 0.00000240. The molecule has 0 spiro atoms. The summed E-state index contributed by atoms with van der Waals surface area (Å²) in [6, 6.07) is 8.79. The van der Waals surface area contributed by atoms with Gasteiger partial charge in [0.15, 0.2) is 0 Å². The Bertz CT molecular complexity index is 799. The van der Waals surface area contributed by atoms with Crippen molar-refractivity contribution in [1.82, 2.24) is 20.4 Å². The molecule has 2 N–H and O–H groups in total. The molecule has 1 aromatic carbocycles. The first-order chi connectivity index (χ1) is 13.6. The average molecular weight is 421 g/mol. The lowest BCUT2D eigenvalue weighted by molar-refractivity contribution is -0.132. The zero-order valence-corrected chi connectivity index (χ0v) is 17.5. The molecule has 2 aliphatic rings. The van der Waals surface area contributed by atoms with Gasteiger partial charge in [-0.15, -0.1) is 12.4 Å². The van der Waals surface area contributed by atoms with Gasteiger partial charge in [0.2, 0.25) is 5.91 Å². The minimum Gasteiger partial charge on any atom is -0.353 e. The van der Waals surface area contributed by atoms with Gasteiger partial charge >= 0.3 is 0 Å². The normalized spacial score (nSPS) is 20.4. The first kappa shape index (κ1) is 21.8. The summed E-state index contributed by atoms with van der Waals surface area (Å²) in [5.41, 5.74) is 0.173. The van der Waals surface area contributed by atoms with Crippen LogP contribution in [0.2, 0.25) is 0 Å². The molecule has 1 saturated heterocycles. The number of nitrogens with zero attached hydrogens (tertiary/aromatic N) is 2. The van der Waals surface area contributed by atoms with Gasteiger partial charge < -0.3 is 10.6 Å². The van der Waals surface area contributed by atoms with Crippen molar-refractivity contribution in [2.24, 2.45) is 0 Å². The molecule has 0 unspecified atom stereocenters. The van der Waals surface area contributed by atoms with E-state index in [1.807, 2.05) is 23.0 Å². The van der Waals surface area contributed by atoms with E-state index in [-0.39, 0.29) is 29.5 Å². The van der Waals surface area contributed by atoms with Crippen LogP contribution >= 0.6 is 12.4 Å². The van der Waals surface area contributed by atoms with Crippen molar-refractivity contribution in [1.29, 1.82) is 0 Å². The zero-order chi connectivity index (χ0) is 19.5. The fourth-order valence-electron chi connectivity index (χ4n) is 4.95. The lowest BCUT2D eigenvalue weighted by atomic mass is 9.69. The third-order valence-electron chi connectivity index (χ3n) is 6.63. The largest absolute Gasteiger partial charge is 0.353 e. The average Bonchev–Trinajstić information content (AvgIpc) is 3.29. The summed E-state index contributed by atoms with van der Waals surface area (Å²) in [6.45, 7) is 2.14. The van der Waals surface area contributed by atoms with E-state index in [1.54, 1.807) is 18.3 Å². The number of hydrogen-bond acceptors (Lipinski definition) is 3. The third-order valence-corrected chi connectivity index (χ3v) is 6.63. The second-order valence-corrected chi connectivity index (χ2v) is 8.27. The van der Waals surface area contributed by atoms with Crippen LogP contribution in [0.15, 0.2) is 42.7 Å². The van der Waals surface area contributed by atoms with E-state index in [9.17, 15) is 9.18 Å². The first-order valence-corrected chi connectivity index (χ1v) is 10.4. The topological polar surface area (TPSA) is 59.0 Å². The van der Waals surface area contributed by atoms with Crippen LogP contribution in [0.3, 0.4) is 0 Å². The van der Waals surface area contributed by atoms with E-state index < -0.39 is 5.54 Å². The minimum absolute atomic E-state index is 0. The summed E-state index contributed by atoms with van der Waals surface area (Å²) in [6.07, 6.45) is 10.4. The van der Waals surface area contributed by atoms with Crippen molar-refractivity contribution in [2.75, 3.05) is 19.6 Å². The maximum absolute atomic E-state index is 13.9. The van der Waals surface area contributed by atoms with E-state index in [4.69, 9.17) is 0 Å².